The number of rotatable bonds is 5. The third-order valence-electron chi connectivity index (χ3n) is 6.45. The van der Waals surface area contributed by atoms with E-state index in [-0.39, 0.29) is 5.56 Å². The lowest BCUT2D eigenvalue weighted by Gasteiger charge is -2.19. The number of anilines is 1. The van der Waals surface area contributed by atoms with Crippen LogP contribution in [0, 0.1) is 0 Å². The van der Waals surface area contributed by atoms with E-state index >= 15 is 0 Å². The Balaban J connectivity index is 1.48. The van der Waals surface area contributed by atoms with E-state index in [4.69, 9.17) is 14.1 Å². The van der Waals surface area contributed by atoms with Crippen LogP contribution in [0.1, 0.15) is 18.4 Å². The Hall–Kier alpha value is -3.91. The Bertz CT molecular complexity index is 1680. The summed E-state index contributed by atoms with van der Waals surface area (Å²) in [4.78, 5) is 20.6. The normalized spacial score (nSPS) is 13.9. The minimum atomic E-state index is -0.277. The highest BCUT2D eigenvalue weighted by molar-refractivity contribution is 9.10. The minimum Gasteiger partial charge on any atom is -0.496 e. The largest absolute Gasteiger partial charge is 0.496 e. The predicted molar refractivity (Wildman–Crippen MR) is 146 cm³/mol. The molecule has 0 N–H and O–H groups in total. The molecule has 0 unspecified atom stereocenters. The smallest absolute Gasteiger partial charge is 0.282 e. The number of nitrogens with zero attached hydrogens (tertiary/aromatic N) is 4. The van der Waals surface area contributed by atoms with Gasteiger partial charge in [-0.3, -0.25) is 4.79 Å². The lowest BCUT2D eigenvalue weighted by atomic mass is 10.2. The van der Waals surface area contributed by atoms with Crippen LogP contribution in [0.2, 0.25) is 0 Å². The molecule has 1 aliphatic rings. The molecule has 0 atom stereocenters. The van der Waals surface area contributed by atoms with Crippen LogP contribution < -0.4 is 15.2 Å². The molecule has 0 amide bonds. The quantitative estimate of drug-likeness (QED) is 0.252. The van der Waals surface area contributed by atoms with Crippen molar-refractivity contribution >= 4 is 49.7 Å². The van der Waals surface area contributed by atoms with E-state index in [1.165, 1.54) is 17.5 Å². The van der Waals surface area contributed by atoms with Crippen LogP contribution in [0.5, 0.6) is 5.75 Å². The second-order valence-electron chi connectivity index (χ2n) is 8.73. The van der Waals surface area contributed by atoms with Crippen LogP contribution in [-0.2, 0) is 0 Å². The zero-order valence-electron chi connectivity index (χ0n) is 19.6. The first kappa shape index (κ1) is 22.5. The number of para-hydroxylation sites is 1. The van der Waals surface area contributed by atoms with Crippen molar-refractivity contribution in [1.29, 1.82) is 0 Å². The van der Waals surface area contributed by atoms with Crippen molar-refractivity contribution in [2.45, 2.75) is 12.8 Å². The fourth-order valence-electron chi connectivity index (χ4n) is 4.61. The number of methoxy groups -OCH3 is 1. The monoisotopic (exact) mass is 542 g/mol. The number of hydrogen-bond acceptors (Lipinski definition) is 6. The third kappa shape index (κ3) is 4.07. The van der Waals surface area contributed by atoms with Crippen LogP contribution in [0.4, 0.5) is 5.69 Å². The number of ether oxygens (including phenoxy) is 1. The van der Waals surface area contributed by atoms with Crippen molar-refractivity contribution < 1.29 is 9.15 Å². The van der Waals surface area contributed by atoms with Gasteiger partial charge in [0.15, 0.2) is 5.76 Å². The SMILES string of the molecule is COc1cc(N2CCCC2)ccc1C=Nn1c(-c2cc3cc(Br)ccc3o2)nc2ccccc2c1=O. The van der Waals surface area contributed by atoms with E-state index in [0.717, 1.165) is 34.2 Å². The highest BCUT2D eigenvalue weighted by Crippen LogP contribution is 2.30. The summed E-state index contributed by atoms with van der Waals surface area (Å²) in [5.74, 6) is 1.48. The Morgan fingerprint density at radius 1 is 1.06 bits per heavy atom. The molecule has 0 saturated carbocycles. The predicted octanol–water partition coefficient (Wildman–Crippen LogP) is 6.06. The number of furan rings is 1. The summed E-state index contributed by atoms with van der Waals surface area (Å²) in [7, 11) is 1.64. The van der Waals surface area contributed by atoms with Crippen molar-refractivity contribution in [3.05, 3.63) is 87.1 Å². The Kier molecular flexibility index (Phi) is 5.81. The molecular formula is C28H23BrN4O3. The summed E-state index contributed by atoms with van der Waals surface area (Å²) >= 11 is 3.50. The number of benzene rings is 3. The molecule has 3 heterocycles. The van der Waals surface area contributed by atoms with Gasteiger partial charge in [0.25, 0.3) is 5.56 Å². The van der Waals surface area contributed by atoms with Gasteiger partial charge >= 0.3 is 0 Å². The number of hydrogen-bond donors (Lipinski definition) is 0. The van der Waals surface area contributed by atoms with Crippen molar-refractivity contribution in [1.82, 2.24) is 9.66 Å². The summed E-state index contributed by atoms with van der Waals surface area (Å²) in [6.45, 7) is 2.10. The minimum absolute atomic E-state index is 0.277. The van der Waals surface area contributed by atoms with Gasteiger partial charge in [0, 0.05) is 40.3 Å². The number of aromatic nitrogens is 2. The fraction of sp³-hybridized carbons (Fsp3) is 0.179. The molecule has 8 heteroatoms. The molecule has 6 rings (SSSR count). The van der Waals surface area contributed by atoms with Gasteiger partial charge in [0.2, 0.25) is 5.82 Å². The zero-order valence-corrected chi connectivity index (χ0v) is 21.2. The van der Waals surface area contributed by atoms with E-state index in [0.29, 0.717) is 33.8 Å². The Morgan fingerprint density at radius 2 is 1.89 bits per heavy atom. The average molecular weight is 543 g/mol. The maximum Gasteiger partial charge on any atom is 0.282 e. The molecule has 0 bridgehead atoms. The van der Waals surface area contributed by atoms with Crippen molar-refractivity contribution in [2.75, 3.05) is 25.1 Å². The lowest BCUT2D eigenvalue weighted by Crippen LogP contribution is -2.20. The summed E-state index contributed by atoms with van der Waals surface area (Å²) in [6.07, 6.45) is 4.03. The van der Waals surface area contributed by atoms with Crippen LogP contribution in [0.3, 0.4) is 0 Å². The molecule has 0 spiro atoms. The maximum atomic E-state index is 13.5. The first-order chi connectivity index (χ1) is 17.6. The topological polar surface area (TPSA) is 72.9 Å². The van der Waals surface area contributed by atoms with E-state index in [1.54, 1.807) is 19.4 Å². The van der Waals surface area contributed by atoms with Crippen LogP contribution in [0.25, 0.3) is 33.5 Å². The molecule has 1 aliphatic heterocycles. The van der Waals surface area contributed by atoms with Crippen molar-refractivity contribution in [3.63, 3.8) is 0 Å². The lowest BCUT2D eigenvalue weighted by molar-refractivity contribution is 0.414. The highest BCUT2D eigenvalue weighted by atomic mass is 79.9. The van der Waals surface area contributed by atoms with Gasteiger partial charge < -0.3 is 14.1 Å². The third-order valence-corrected chi connectivity index (χ3v) is 6.95. The number of fused-ring (bicyclic) bond motifs is 2. The molecule has 1 fully saturated rings. The summed E-state index contributed by atoms with van der Waals surface area (Å²) in [5.41, 5.74) is 2.89. The van der Waals surface area contributed by atoms with E-state index in [9.17, 15) is 4.79 Å². The molecule has 0 radical (unpaired) electrons. The van der Waals surface area contributed by atoms with Gasteiger partial charge in [-0.05, 0) is 61.4 Å². The summed E-state index contributed by atoms with van der Waals surface area (Å²) in [5, 5.41) is 5.96. The standard InChI is InChI=1S/C28H23BrN4O3/c1-35-25-16-21(32-12-4-5-13-32)10-8-18(25)17-30-33-27(31-23-7-3-2-6-22(23)28(33)34)26-15-19-14-20(29)9-11-24(19)36-26/h2-3,6-11,14-17H,4-5,12-13H2,1H3. The zero-order chi connectivity index (χ0) is 24.6. The summed E-state index contributed by atoms with van der Waals surface area (Å²) in [6, 6.07) is 20.9. The Labute approximate surface area is 215 Å². The molecule has 1 saturated heterocycles. The molecule has 0 aliphatic carbocycles. The second kappa shape index (κ2) is 9.28. The average Bonchev–Trinajstić information content (AvgIpc) is 3.58. The fourth-order valence-corrected chi connectivity index (χ4v) is 4.99. The van der Waals surface area contributed by atoms with Crippen molar-refractivity contribution in [2.24, 2.45) is 5.10 Å². The van der Waals surface area contributed by atoms with Crippen LogP contribution in [-0.4, -0.2) is 36.1 Å². The maximum absolute atomic E-state index is 13.5. The van der Waals surface area contributed by atoms with Gasteiger partial charge in [0.1, 0.15) is 11.3 Å². The molecule has 2 aromatic heterocycles. The Morgan fingerprint density at radius 3 is 2.72 bits per heavy atom. The first-order valence-corrected chi connectivity index (χ1v) is 12.6. The molecule has 7 nitrogen and oxygen atoms in total. The molecule has 3 aromatic carbocycles. The van der Waals surface area contributed by atoms with Gasteiger partial charge in [-0.25, -0.2) is 4.98 Å². The number of halogens is 1. The van der Waals surface area contributed by atoms with E-state index in [1.807, 2.05) is 54.6 Å². The molecular weight excluding hydrogens is 520 g/mol. The highest BCUT2D eigenvalue weighted by Gasteiger charge is 2.17. The van der Waals surface area contributed by atoms with Gasteiger partial charge in [-0.1, -0.05) is 28.1 Å². The van der Waals surface area contributed by atoms with Gasteiger partial charge in [-0.15, -0.1) is 0 Å². The molecule has 180 valence electrons. The van der Waals surface area contributed by atoms with Crippen molar-refractivity contribution in [3.8, 4) is 17.3 Å². The first-order valence-electron chi connectivity index (χ1n) is 11.8. The molecule has 5 aromatic rings. The van der Waals surface area contributed by atoms with Gasteiger partial charge in [0.05, 0.1) is 24.2 Å². The van der Waals surface area contributed by atoms with E-state index < -0.39 is 0 Å². The van der Waals surface area contributed by atoms with E-state index in [2.05, 4.69) is 32.0 Å². The van der Waals surface area contributed by atoms with Gasteiger partial charge in [-0.2, -0.15) is 9.78 Å². The second-order valence-corrected chi connectivity index (χ2v) is 9.64. The van der Waals surface area contributed by atoms with Crippen LogP contribution in [0.15, 0.2) is 85.5 Å². The molecule has 36 heavy (non-hydrogen) atoms. The summed E-state index contributed by atoms with van der Waals surface area (Å²) < 4.78 is 14.0. The van der Waals surface area contributed by atoms with Crippen LogP contribution >= 0.6 is 15.9 Å².